The van der Waals surface area contributed by atoms with Crippen LogP contribution in [0.4, 0.5) is 0 Å². The number of hydrogen-bond donors (Lipinski definition) is 1. The molecule has 0 spiro atoms. The summed E-state index contributed by atoms with van der Waals surface area (Å²) in [5, 5.41) is 3.17. The van der Waals surface area contributed by atoms with E-state index in [4.69, 9.17) is 17.0 Å². The normalized spacial score (nSPS) is 12.3. The molecular weight excluding hydrogens is 342 g/mol. The van der Waals surface area contributed by atoms with Gasteiger partial charge in [-0.25, -0.2) is 4.79 Å². The highest BCUT2D eigenvalue weighted by atomic mass is 32.1. The molecule has 1 N–H and O–H groups in total. The summed E-state index contributed by atoms with van der Waals surface area (Å²) in [5.74, 6) is -0.306. The van der Waals surface area contributed by atoms with E-state index in [1.807, 2.05) is 30.3 Å². The molecule has 0 radical (unpaired) electrons. The highest BCUT2D eigenvalue weighted by Gasteiger charge is 2.20. The van der Waals surface area contributed by atoms with Gasteiger partial charge in [-0.1, -0.05) is 87.6 Å². The van der Waals surface area contributed by atoms with Gasteiger partial charge in [-0.05, 0) is 22.1 Å². The molecule has 3 nitrogen and oxygen atoms in total. The van der Waals surface area contributed by atoms with Crippen LogP contribution >= 0.6 is 12.2 Å². The maximum absolute atomic E-state index is 12.1. The van der Waals surface area contributed by atoms with Gasteiger partial charge in [-0.15, -0.1) is 0 Å². The van der Waals surface area contributed by atoms with Crippen LogP contribution in [-0.2, 0) is 27.8 Å². The average molecular weight is 370 g/mol. The van der Waals surface area contributed by atoms with E-state index in [0.717, 1.165) is 11.1 Å². The number of thiocarbonyl (C=S) groups is 1. The molecule has 2 aromatic rings. The minimum atomic E-state index is -0.483. The molecule has 2 aromatic carbocycles. The van der Waals surface area contributed by atoms with Crippen LogP contribution in [-0.4, -0.2) is 24.1 Å². The lowest BCUT2D eigenvalue weighted by Crippen LogP contribution is -2.43. The SMILES string of the molecule is COC(=O)[C@H](Cc1ccccc1)NC(=S)Cc1ccc(C(C)(C)C)cc1. The van der Waals surface area contributed by atoms with E-state index in [0.29, 0.717) is 17.8 Å². The molecule has 26 heavy (non-hydrogen) atoms. The van der Waals surface area contributed by atoms with Crippen LogP contribution in [0.5, 0.6) is 0 Å². The lowest BCUT2D eigenvalue weighted by atomic mass is 9.86. The van der Waals surface area contributed by atoms with E-state index in [2.05, 4.69) is 50.4 Å². The Bertz CT molecular complexity index is 733. The minimum Gasteiger partial charge on any atom is -0.467 e. The third kappa shape index (κ3) is 5.95. The molecular formula is C22H27NO2S. The van der Waals surface area contributed by atoms with Gasteiger partial charge in [-0.2, -0.15) is 0 Å². The molecule has 0 aliphatic rings. The van der Waals surface area contributed by atoms with Crippen LogP contribution in [0.25, 0.3) is 0 Å². The van der Waals surface area contributed by atoms with Gasteiger partial charge in [0.05, 0.1) is 12.1 Å². The van der Waals surface area contributed by atoms with Gasteiger partial charge in [0.15, 0.2) is 0 Å². The molecule has 0 saturated carbocycles. The van der Waals surface area contributed by atoms with Gasteiger partial charge in [0.1, 0.15) is 6.04 Å². The van der Waals surface area contributed by atoms with E-state index in [-0.39, 0.29) is 11.4 Å². The second kappa shape index (κ2) is 8.95. The fraction of sp³-hybridized carbons (Fsp3) is 0.364. The average Bonchev–Trinajstić information content (AvgIpc) is 2.61. The molecule has 0 saturated heterocycles. The van der Waals surface area contributed by atoms with Gasteiger partial charge in [0, 0.05) is 12.8 Å². The number of carbonyl (C=O) groups excluding carboxylic acids is 1. The summed E-state index contributed by atoms with van der Waals surface area (Å²) in [6, 6.07) is 17.8. The smallest absolute Gasteiger partial charge is 0.328 e. The summed E-state index contributed by atoms with van der Waals surface area (Å²) < 4.78 is 4.93. The topological polar surface area (TPSA) is 38.3 Å². The number of rotatable bonds is 6. The summed E-state index contributed by atoms with van der Waals surface area (Å²) in [6.07, 6.45) is 1.14. The fourth-order valence-electron chi connectivity index (χ4n) is 2.74. The molecule has 1 atom stereocenters. The summed E-state index contributed by atoms with van der Waals surface area (Å²) in [4.78, 5) is 12.8. The van der Waals surface area contributed by atoms with Crippen molar-refractivity contribution in [3.8, 4) is 0 Å². The van der Waals surface area contributed by atoms with Crippen LogP contribution in [0.1, 0.15) is 37.5 Å². The first kappa shape index (κ1) is 20.1. The number of methoxy groups -OCH3 is 1. The summed E-state index contributed by atoms with van der Waals surface area (Å²) in [6.45, 7) is 6.58. The first-order valence-electron chi connectivity index (χ1n) is 8.80. The molecule has 0 fully saturated rings. The Morgan fingerprint density at radius 1 is 1.04 bits per heavy atom. The molecule has 0 heterocycles. The third-order valence-electron chi connectivity index (χ3n) is 4.29. The van der Waals surface area contributed by atoms with E-state index in [1.54, 1.807) is 0 Å². The molecule has 0 amide bonds. The number of ether oxygens (including phenoxy) is 1. The number of carbonyl (C=O) groups is 1. The van der Waals surface area contributed by atoms with Crippen LogP contribution < -0.4 is 5.32 Å². The highest BCUT2D eigenvalue weighted by Crippen LogP contribution is 2.22. The summed E-state index contributed by atoms with van der Waals surface area (Å²) in [7, 11) is 1.40. The Labute approximate surface area is 161 Å². The van der Waals surface area contributed by atoms with Gasteiger partial charge < -0.3 is 10.1 Å². The monoisotopic (exact) mass is 369 g/mol. The molecule has 0 aromatic heterocycles. The minimum absolute atomic E-state index is 0.128. The van der Waals surface area contributed by atoms with Crippen molar-refractivity contribution in [2.45, 2.75) is 45.1 Å². The molecule has 0 unspecified atom stereocenters. The van der Waals surface area contributed by atoms with Crippen molar-refractivity contribution < 1.29 is 9.53 Å². The maximum atomic E-state index is 12.1. The van der Waals surface area contributed by atoms with Crippen molar-refractivity contribution in [3.63, 3.8) is 0 Å². The second-order valence-corrected chi connectivity index (χ2v) is 7.95. The Kier molecular flexibility index (Phi) is 6.92. The first-order chi connectivity index (χ1) is 12.3. The van der Waals surface area contributed by atoms with Crippen LogP contribution in [0.3, 0.4) is 0 Å². The number of nitrogens with one attached hydrogen (secondary N) is 1. The maximum Gasteiger partial charge on any atom is 0.328 e. The van der Waals surface area contributed by atoms with Gasteiger partial charge in [0.2, 0.25) is 0 Å². The molecule has 138 valence electrons. The van der Waals surface area contributed by atoms with Crippen LogP contribution in [0, 0.1) is 0 Å². The van der Waals surface area contributed by atoms with Gasteiger partial charge in [0.25, 0.3) is 0 Å². The highest BCUT2D eigenvalue weighted by molar-refractivity contribution is 7.80. The molecule has 2 rings (SSSR count). The zero-order chi connectivity index (χ0) is 19.2. The quantitative estimate of drug-likeness (QED) is 0.611. The number of esters is 1. The van der Waals surface area contributed by atoms with Crippen molar-refractivity contribution in [1.82, 2.24) is 5.32 Å². The summed E-state index contributed by atoms with van der Waals surface area (Å²) >= 11 is 5.48. The van der Waals surface area contributed by atoms with Gasteiger partial charge in [-0.3, -0.25) is 0 Å². The molecule has 0 bridgehead atoms. The second-order valence-electron chi connectivity index (χ2n) is 7.46. The van der Waals surface area contributed by atoms with Crippen molar-refractivity contribution in [1.29, 1.82) is 0 Å². The number of benzene rings is 2. The predicted octanol–water partition coefficient (Wildman–Crippen LogP) is 4.23. The van der Waals surface area contributed by atoms with E-state index in [9.17, 15) is 4.79 Å². The Hall–Kier alpha value is -2.20. The van der Waals surface area contributed by atoms with Crippen molar-refractivity contribution in [2.24, 2.45) is 0 Å². The Morgan fingerprint density at radius 2 is 1.65 bits per heavy atom. The van der Waals surface area contributed by atoms with Gasteiger partial charge >= 0.3 is 5.97 Å². The largest absolute Gasteiger partial charge is 0.467 e. The Morgan fingerprint density at radius 3 is 2.19 bits per heavy atom. The van der Waals surface area contributed by atoms with Crippen molar-refractivity contribution in [3.05, 3.63) is 71.3 Å². The fourth-order valence-corrected chi connectivity index (χ4v) is 3.05. The zero-order valence-corrected chi connectivity index (χ0v) is 16.7. The van der Waals surface area contributed by atoms with E-state index in [1.165, 1.54) is 12.7 Å². The standard InChI is InChI=1S/C22H27NO2S/c1-22(2,3)18-12-10-17(11-13-18)15-20(26)23-19(21(24)25-4)14-16-8-6-5-7-9-16/h5-13,19H,14-15H2,1-4H3,(H,23,26)/t19-/m0/s1. The van der Waals surface area contributed by atoms with E-state index >= 15 is 0 Å². The number of hydrogen-bond acceptors (Lipinski definition) is 3. The lowest BCUT2D eigenvalue weighted by Gasteiger charge is -2.20. The van der Waals surface area contributed by atoms with Crippen molar-refractivity contribution in [2.75, 3.05) is 7.11 Å². The Balaban J connectivity index is 2.01. The van der Waals surface area contributed by atoms with Crippen LogP contribution in [0.15, 0.2) is 54.6 Å². The molecule has 0 aliphatic carbocycles. The van der Waals surface area contributed by atoms with Crippen LogP contribution in [0.2, 0.25) is 0 Å². The lowest BCUT2D eigenvalue weighted by molar-refractivity contribution is -0.142. The first-order valence-corrected chi connectivity index (χ1v) is 9.21. The molecule has 4 heteroatoms. The zero-order valence-electron chi connectivity index (χ0n) is 15.9. The predicted molar refractivity (Wildman–Crippen MR) is 111 cm³/mol. The third-order valence-corrected chi connectivity index (χ3v) is 4.55. The molecule has 0 aliphatic heterocycles. The van der Waals surface area contributed by atoms with Crippen molar-refractivity contribution >= 4 is 23.2 Å². The van der Waals surface area contributed by atoms with E-state index < -0.39 is 6.04 Å². The summed E-state index contributed by atoms with van der Waals surface area (Å²) in [5.41, 5.74) is 3.60.